The average Bonchev–Trinajstić information content (AvgIpc) is 2.60. The van der Waals surface area contributed by atoms with Crippen molar-refractivity contribution >= 4 is 33.1 Å². The van der Waals surface area contributed by atoms with E-state index in [4.69, 9.17) is 4.98 Å². The van der Waals surface area contributed by atoms with Gasteiger partial charge in [-0.1, -0.05) is 67.0 Å². The van der Waals surface area contributed by atoms with Crippen molar-refractivity contribution in [2.24, 2.45) is 5.92 Å². The summed E-state index contributed by atoms with van der Waals surface area (Å²) in [5.74, 6) is 0.279. The topological polar surface area (TPSA) is 30.0 Å². The molecule has 2 aromatic carbocycles. The van der Waals surface area contributed by atoms with E-state index in [-0.39, 0.29) is 5.92 Å². The predicted molar refractivity (Wildman–Crippen MR) is 108 cm³/mol. The van der Waals surface area contributed by atoms with Crippen LogP contribution in [-0.4, -0.2) is 11.3 Å². The smallest absolute Gasteiger partial charge is 0.127 e. The molecule has 0 fully saturated rings. The fourth-order valence-electron chi connectivity index (χ4n) is 3.32. The largest absolute Gasteiger partial charge is 0.303 e. The Balaban J connectivity index is 2.44. The Morgan fingerprint density at radius 1 is 1.08 bits per heavy atom. The molecule has 1 aromatic heterocycles. The first-order chi connectivity index (χ1) is 12.0. The molecule has 0 N–H and O–H groups in total. The first-order valence-electron chi connectivity index (χ1n) is 8.64. The van der Waals surface area contributed by atoms with Crippen LogP contribution < -0.4 is 0 Å². The number of carbonyl (C=O) groups excluding carboxylic acids is 1. The first kappa shape index (κ1) is 17.8. The molecular formula is C22H22BrNO. The molecule has 1 unspecified atom stereocenters. The minimum atomic E-state index is -0.195. The van der Waals surface area contributed by atoms with E-state index in [0.29, 0.717) is 5.92 Å². The van der Waals surface area contributed by atoms with E-state index in [2.05, 4.69) is 48.0 Å². The van der Waals surface area contributed by atoms with Gasteiger partial charge in [-0.05, 0) is 47.2 Å². The van der Waals surface area contributed by atoms with Gasteiger partial charge in [-0.3, -0.25) is 4.98 Å². The molecule has 0 aliphatic heterocycles. The summed E-state index contributed by atoms with van der Waals surface area (Å²) in [4.78, 5) is 16.6. The molecule has 25 heavy (non-hydrogen) atoms. The Bertz CT molecular complexity index is 903. The minimum Gasteiger partial charge on any atom is -0.303 e. The van der Waals surface area contributed by atoms with Crippen LogP contribution in [0.5, 0.6) is 0 Å². The molecule has 1 atom stereocenters. The van der Waals surface area contributed by atoms with Crippen molar-refractivity contribution in [3.63, 3.8) is 0 Å². The zero-order valence-corrected chi connectivity index (χ0v) is 16.4. The monoisotopic (exact) mass is 395 g/mol. The molecule has 0 aliphatic rings. The van der Waals surface area contributed by atoms with Gasteiger partial charge in [0.1, 0.15) is 6.29 Å². The van der Waals surface area contributed by atoms with Gasteiger partial charge in [0.25, 0.3) is 0 Å². The summed E-state index contributed by atoms with van der Waals surface area (Å²) < 4.78 is 1.01. The highest BCUT2D eigenvalue weighted by molar-refractivity contribution is 9.10. The summed E-state index contributed by atoms with van der Waals surface area (Å²) in [7, 11) is 0. The van der Waals surface area contributed by atoms with Crippen molar-refractivity contribution in [2.45, 2.75) is 33.1 Å². The van der Waals surface area contributed by atoms with Crippen LogP contribution in [0.4, 0.5) is 0 Å². The van der Waals surface area contributed by atoms with Crippen molar-refractivity contribution in [3.05, 3.63) is 64.3 Å². The van der Waals surface area contributed by atoms with Gasteiger partial charge in [-0.15, -0.1) is 0 Å². The molecule has 3 aromatic rings. The SMILES string of the molecule is CC(C)Cc1nc2ccc(Br)cc2c(-c2ccccc2)c1C(C)C=O. The maximum absolute atomic E-state index is 11.7. The van der Waals surface area contributed by atoms with Crippen molar-refractivity contribution in [3.8, 4) is 11.1 Å². The van der Waals surface area contributed by atoms with E-state index >= 15 is 0 Å². The van der Waals surface area contributed by atoms with Gasteiger partial charge in [0.05, 0.1) is 5.52 Å². The fourth-order valence-corrected chi connectivity index (χ4v) is 3.68. The normalized spacial score (nSPS) is 12.5. The Labute approximate surface area is 157 Å². The molecule has 0 bridgehead atoms. The van der Waals surface area contributed by atoms with Crippen LogP contribution in [0.1, 0.15) is 37.9 Å². The van der Waals surface area contributed by atoms with Gasteiger partial charge < -0.3 is 4.79 Å². The number of hydrogen-bond acceptors (Lipinski definition) is 2. The number of benzene rings is 2. The van der Waals surface area contributed by atoms with E-state index in [9.17, 15) is 4.79 Å². The lowest BCUT2D eigenvalue weighted by Gasteiger charge is -2.21. The van der Waals surface area contributed by atoms with Crippen LogP contribution in [0.3, 0.4) is 0 Å². The van der Waals surface area contributed by atoms with E-state index in [1.807, 2.05) is 37.3 Å². The lowest BCUT2D eigenvalue weighted by molar-refractivity contribution is -0.108. The van der Waals surface area contributed by atoms with Crippen LogP contribution >= 0.6 is 15.9 Å². The lowest BCUT2D eigenvalue weighted by Crippen LogP contribution is -2.09. The number of rotatable bonds is 5. The number of halogens is 1. The lowest BCUT2D eigenvalue weighted by atomic mass is 9.86. The molecule has 0 amide bonds. The van der Waals surface area contributed by atoms with E-state index in [0.717, 1.165) is 50.5 Å². The number of hydrogen-bond donors (Lipinski definition) is 0. The third-order valence-corrected chi connectivity index (χ3v) is 4.88. The molecular weight excluding hydrogens is 374 g/mol. The number of pyridine rings is 1. The zero-order valence-electron chi connectivity index (χ0n) is 14.8. The van der Waals surface area contributed by atoms with Crippen LogP contribution in [0, 0.1) is 5.92 Å². The molecule has 3 rings (SSSR count). The summed E-state index contributed by atoms with van der Waals surface area (Å²) in [6.45, 7) is 6.33. The molecule has 0 spiro atoms. The third-order valence-electron chi connectivity index (χ3n) is 4.39. The van der Waals surface area contributed by atoms with Crippen LogP contribution in [0.25, 0.3) is 22.0 Å². The molecule has 2 nitrogen and oxygen atoms in total. The number of aromatic nitrogens is 1. The highest BCUT2D eigenvalue weighted by Crippen LogP contribution is 2.38. The second kappa shape index (κ2) is 7.49. The van der Waals surface area contributed by atoms with Crippen molar-refractivity contribution in [1.82, 2.24) is 4.98 Å². The number of aldehydes is 1. The Kier molecular flexibility index (Phi) is 5.33. The number of nitrogens with zero attached hydrogens (tertiary/aromatic N) is 1. The second-order valence-electron chi connectivity index (χ2n) is 6.90. The summed E-state index contributed by atoms with van der Waals surface area (Å²) in [5, 5.41) is 1.08. The summed E-state index contributed by atoms with van der Waals surface area (Å²) in [6, 6.07) is 16.5. The van der Waals surface area contributed by atoms with Gasteiger partial charge in [0.15, 0.2) is 0 Å². The molecule has 0 radical (unpaired) electrons. The van der Waals surface area contributed by atoms with Crippen LogP contribution in [-0.2, 0) is 11.2 Å². The van der Waals surface area contributed by atoms with Gasteiger partial charge in [-0.2, -0.15) is 0 Å². The summed E-state index contributed by atoms with van der Waals surface area (Å²) in [5.41, 5.74) is 5.31. The van der Waals surface area contributed by atoms with E-state index < -0.39 is 0 Å². The number of carbonyl (C=O) groups is 1. The third kappa shape index (κ3) is 3.67. The van der Waals surface area contributed by atoms with Crippen LogP contribution in [0.2, 0.25) is 0 Å². The molecule has 128 valence electrons. The van der Waals surface area contributed by atoms with E-state index in [1.54, 1.807) is 0 Å². The maximum Gasteiger partial charge on any atom is 0.127 e. The molecule has 3 heteroatoms. The van der Waals surface area contributed by atoms with Crippen LogP contribution in [0.15, 0.2) is 53.0 Å². The van der Waals surface area contributed by atoms with Gasteiger partial charge in [0.2, 0.25) is 0 Å². The Morgan fingerprint density at radius 2 is 1.80 bits per heavy atom. The first-order valence-corrected chi connectivity index (χ1v) is 9.43. The molecule has 1 heterocycles. The van der Waals surface area contributed by atoms with Gasteiger partial charge >= 0.3 is 0 Å². The van der Waals surface area contributed by atoms with Crippen molar-refractivity contribution in [1.29, 1.82) is 0 Å². The molecule has 0 saturated carbocycles. The van der Waals surface area contributed by atoms with E-state index in [1.165, 1.54) is 0 Å². The molecule has 0 saturated heterocycles. The number of fused-ring (bicyclic) bond motifs is 1. The molecule has 0 aliphatic carbocycles. The Hall–Kier alpha value is -2.00. The van der Waals surface area contributed by atoms with Crippen molar-refractivity contribution in [2.75, 3.05) is 0 Å². The predicted octanol–water partition coefficient (Wildman–Crippen LogP) is 6.17. The maximum atomic E-state index is 11.7. The zero-order chi connectivity index (χ0) is 18.0. The average molecular weight is 396 g/mol. The fraction of sp³-hybridized carbons (Fsp3) is 0.273. The van der Waals surface area contributed by atoms with Gasteiger partial charge in [-0.25, -0.2) is 0 Å². The standard InChI is InChI=1S/C22H22BrNO/c1-14(2)11-20-21(15(3)13-25)22(16-7-5-4-6-8-16)18-12-17(23)9-10-19(18)24-20/h4-10,12-15H,11H2,1-3H3. The second-order valence-corrected chi connectivity index (χ2v) is 7.81. The minimum absolute atomic E-state index is 0.195. The quantitative estimate of drug-likeness (QED) is 0.483. The highest BCUT2D eigenvalue weighted by Gasteiger charge is 2.21. The summed E-state index contributed by atoms with van der Waals surface area (Å²) >= 11 is 3.58. The van der Waals surface area contributed by atoms with Gasteiger partial charge in [0, 0.05) is 21.5 Å². The summed E-state index contributed by atoms with van der Waals surface area (Å²) in [6.07, 6.45) is 1.89. The Morgan fingerprint density at radius 3 is 2.44 bits per heavy atom. The highest BCUT2D eigenvalue weighted by atomic mass is 79.9. The van der Waals surface area contributed by atoms with Crippen molar-refractivity contribution < 1.29 is 4.79 Å².